The third-order valence-electron chi connectivity index (χ3n) is 3.08. The van der Waals surface area contributed by atoms with Crippen LogP contribution >= 0.6 is 0 Å². The number of nitrogens with zero attached hydrogens (tertiary/aromatic N) is 2. The maximum absolute atomic E-state index is 11.5. The first-order chi connectivity index (χ1) is 7.63. The molecular formula is C12H21N3O. The molecule has 90 valence electrons. The molecule has 4 nitrogen and oxygen atoms in total. The molecule has 0 aliphatic heterocycles. The van der Waals surface area contributed by atoms with E-state index in [-0.39, 0.29) is 18.4 Å². The molecule has 0 bridgehead atoms. The van der Waals surface area contributed by atoms with Gasteiger partial charge in [0.05, 0.1) is 12.5 Å². The van der Waals surface area contributed by atoms with Gasteiger partial charge in [-0.1, -0.05) is 19.3 Å². The maximum Gasteiger partial charge on any atom is 0.224 e. The quantitative estimate of drug-likeness (QED) is 0.781. The van der Waals surface area contributed by atoms with E-state index in [1.54, 1.807) is 14.1 Å². The molecule has 1 rings (SSSR count). The van der Waals surface area contributed by atoms with Gasteiger partial charge in [0, 0.05) is 20.1 Å². The first-order valence-electron chi connectivity index (χ1n) is 5.99. The molecule has 0 aromatic rings. The van der Waals surface area contributed by atoms with E-state index >= 15 is 0 Å². The van der Waals surface area contributed by atoms with Crippen molar-refractivity contribution >= 4 is 5.91 Å². The van der Waals surface area contributed by atoms with Crippen molar-refractivity contribution in [1.82, 2.24) is 10.2 Å². The Hall–Kier alpha value is -1.08. The second kappa shape index (κ2) is 6.49. The highest BCUT2D eigenvalue weighted by atomic mass is 16.2. The number of carbonyl (C=O) groups excluding carboxylic acids is 1. The van der Waals surface area contributed by atoms with Crippen LogP contribution in [0.1, 0.15) is 38.5 Å². The number of nitrogens with one attached hydrogen (secondary N) is 1. The van der Waals surface area contributed by atoms with Crippen LogP contribution in [0.2, 0.25) is 0 Å². The molecule has 1 unspecified atom stereocenters. The van der Waals surface area contributed by atoms with E-state index in [4.69, 9.17) is 5.26 Å². The summed E-state index contributed by atoms with van der Waals surface area (Å²) in [6.45, 7) is 0. The van der Waals surface area contributed by atoms with Gasteiger partial charge in [-0.2, -0.15) is 5.26 Å². The van der Waals surface area contributed by atoms with E-state index in [9.17, 15) is 4.79 Å². The molecule has 1 N–H and O–H groups in total. The van der Waals surface area contributed by atoms with Gasteiger partial charge in [0.25, 0.3) is 0 Å². The average molecular weight is 223 g/mol. The summed E-state index contributed by atoms with van der Waals surface area (Å²) in [7, 11) is 3.44. The molecular weight excluding hydrogens is 202 g/mol. The lowest BCUT2D eigenvalue weighted by atomic mass is 9.94. The van der Waals surface area contributed by atoms with Crippen molar-refractivity contribution in [2.75, 3.05) is 14.1 Å². The number of amides is 1. The molecule has 1 fully saturated rings. The Morgan fingerprint density at radius 2 is 2.06 bits per heavy atom. The van der Waals surface area contributed by atoms with Gasteiger partial charge < -0.3 is 4.90 Å². The second-order valence-electron chi connectivity index (χ2n) is 4.68. The van der Waals surface area contributed by atoms with E-state index in [0.29, 0.717) is 6.04 Å². The third kappa shape index (κ3) is 4.19. The van der Waals surface area contributed by atoms with E-state index in [0.717, 1.165) is 12.8 Å². The summed E-state index contributed by atoms with van der Waals surface area (Å²) < 4.78 is 0. The van der Waals surface area contributed by atoms with Crippen LogP contribution in [0.15, 0.2) is 0 Å². The van der Waals surface area contributed by atoms with Crippen molar-refractivity contribution in [2.45, 2.75) is 50.6 Å². The van der Waals surface area contributed by atoms with E-state index in [2.05, 4.69) is 11.4 Å². The Balaban J connectivity index is 2.36. The topological polar surface area (TPSA) is 56.1 Å². The average Bonchev–Trinajstić information content (AvgIpc) is 2.29. The Bertz CT molecular complexity index is 264. The Morgan fingerprint density at radius 3 is 2.56 bits per heavy atom. The number of nitriles is 1. The molecule has 1 aliphatic carbocycles. The van der Waals surface area contributed by atoms with Gasteiger partial charge in [0.1, 0.15) is 6.04 Å². The molecule has 0 radical (unpaired) electrons. The zero-order valence-corrected chi connectivity index (χ0v) is 10.2. The number of carbonyl (C=O) groups is 1. The lowest BCUT2D eigenvalue weighted by molar-refractivity contribution is -0.128. The molecule has 0 saturated heterocycles. The van der Waals surface area contributed by atoms with Gasteiger partial charge in [-0.3, -0.25) is 10.1 Å². The summed E-state index contributed by atoms with van der Waals surface area (Å²) in [5.74, 6) is 0.00913. The zero-order chi connectivity index (χ0) is 12.0. The predicted molar refractivity (Wildman–Crippen MR) is 62.7 cm³/mol. The van der Waals surface area contributed by atoms with E-state index in [1.165, 1.54) is 24.2 Å². The van der Waals surface area contributed by atoms with Crippen LogP contribution in [0.25, 0.3) is 0 Å². The molecule has 4 heteroatoms. The van der Waals surface area contributed by atoms with Crippen LogP contribution in [0, 0.1) is 11.3 Å². The van der Waals surface area contributed by atoms with Gasteiger partial charge in [-0.15, -0.1) is 0 Å². The highest BCUT2D eigenvalue weighted by Gasteiger charge is 2.20. The highest BCUT2D eigenvalue weighted by Crippen LogP contribution is 2.18. The maximum atomic E-state index is 11.5. The molecule has 1 amide bonds. The molecule has 0 heterocycles. The van der Waals surface area contributed by atoms with Crippen LogP contribution in [-0.4, -0.2) is 37.0 Å². The molecule has 1 saturated carbocycles. The minimum Gasteiger partial charge on any atom is -0.349 e. The summed E-state index contributed by atoms with van der Waals surface area (Å²) in [6.07, 6.45) is 6.31. The van der Waals surface area contributed by atoms with E-state index in [1.807, 2.05) is 0 Å². The standard InChI is InChI=1S/C12H21N3O/c1-15(2)12(16)8-11(9-13)14-10-6-4-3-5-7-10/h10-11,14H,3-8H2,1-2H3. The summed E-state index contributed by atoms with van der Waals surface area (Å²) >= 11 is 0. The van der Waals surface area contributed by atoms with E-state index < -0.39 is 0 Å². The van der Waals surface area contributed by atoms with Crippen molar-refractivity contribution in [3.8, 4) is 6.07 Å². The van der Waals surface area contributed by atoms with Crippen LogP contribution in [-0.2, 0) is 4.79 Å². The number of hydrogen-bond donors (Lipinski definition) is 1. The molecule has 1 aliphatic rings. The van der Waals surface area contributed by atoms with Crippen molar-refractivity contribution < 1.29 is 4.79 Å². The monoisotopic (exact) mass is 223 g/mol. The summed E-state index contributed by atoms with van der Waals surface area (Å²) in [5, 5.41) is 12.3. The van der Waals surface area contributed by atoms with Crippen LogP contribution in [0.5, 0.6) is 0 Å². The first kappa shape index (κ1) is 13.0. The molecule has 0 aromatic heterocycles. The van der Waals surface area contributed by atoms with Crippen molar-refractivity contribution in [3.05, 3.63) is 0 Å². The van der Waals surface area contributed by atoms with Gasteiger partial charge in [0.15, 0.2) is 0 Å². The minimum absolute atomic E-state index is 0.00913. The van der Waals surface area contributed by atoms with Crippen molar-refractivity contribution in [2.24, 2.45) is 0 Å². The summed E-state index contributed by atoms with van der Waals surface area (Å²) in [5.41, 5.74) is 0. The van der Waals surface area contributed by atoms with Gasteiger partial charge >= 0.3 is 0 Å². The first-order valence-corrected chi connectivity index (χ1v) is 5.99. The van der Waals surface area contributed by atoms with Crippen LogP contribution in [0.4, 0.5) is 0 Å². The van der Waals surface area contributed by atoms with Crippen LogP contribution in [0.3, 0.4) is 0 Å². The van der Waals surface area contributed by atoms with Gasteiger partial charge in [-0.05, 0) is 12.8 Å². The van der Waals surface area contributed by atoms with Crippen molar-refractivity contribution in [3.63, 3.8) is 0 Å². The highest BCUT2D eigenvalue weighted by molar-refractivity contribution is 5.76. The number of hydrogen-bond acceptors (Lipinski definition) is 3. The molecule has 0 aromatic carbocycles. The van der Waals surface area contributed by atoms with Gasteiger partial charge in [-0.25, -0.2) is 0 Å². The van der Waals surface area contributed by atoms with Crippen molar-refractivity contribution in [1.29, 1.82) is 5.26 Å². The smallest absolute Gasteiger partial charge is 0.224 e. The fraction of sp³-hybridized carbons (Fsp3) is 0.833. The fourth-order valence-corrected chi connectivity index (χ4v) is 2.05. The lowest BCUT2D eigenvalue weighted by Crippen LogP contribution is -2.41. The molecule has 16 heavy (non-hydrogen) atoms. The Morgan fingerprint density at radius 1 is 1.44 bits per heavy atom. The zero-order valence-electron chi connectivity index (χ0n) is 10.2. The largest absolute Gasteiger partial charge is 0.349 e. The number of rotatable bonds is 4. The normalized spacial score (nSPS) is 18.8. The van der Waals surface area contributed by atoms with Gasteiger partial charge in [0.2, 0.25) is 5.91 Å². The predicted octanol–water partition coefficient (Wildman–Crippen LogP) is 1.28. The van der Waals surface area contributed by atoms with Crippen LogP contribution < -0.4 is 5.32 Å². The second-order valence-corrected chi connectivity index (χ2v) is 4.68. The third-order valence-corrected chi connectivity index (χ3v) is 3.08. The minimum atomic E-state index is -0.335. The summed E-state index contributed by atoms with van der Waals surface area (Å²) in [4.78, 5) is 13.0. The molecule has 0 spiro atoms. The molecule has 1 atom stereocenters. The fourth-order valence-electron chi connectivity index (χ4n) is 2.05. The Kier molecular flexibility index (Phi) is 5.27. The SMILES string of the molecule is CN(C)C(=O)CC(C#N)NC1CCCCC1. The Labute approximate surface area is 97.6 Å². The lowest BCUT2D eigenvalue weighted by Gasteiger charge is -2.25. The summed E-state index contributed by atoms with van der Waals surface area (Å²) in [6, 6.07) is 2.27.